The summed E-state index contributed by atoms with van der Waals surface area (Å²) >= 11 is 0. The normalized spacial score (nSPS) is 11.4. The highest BCUT2D eigenvalue weighted by atomic mass is 16.5. The molecule has 0 heterocycles. The zero-order chi connectivity index (χ0) is 18.2. The standard InChI is InChI=1S/C19H23NO5/c1-13(17-11-15(23-3)8-9-18(17)24-4)20-19(21)12-25-16-7-5-6-14(10-16)22-2/h5-11,13H,12H2,1-4H3,(H,20,21). The van der Waals surface area contributed by atoms with Crippen LogP contribution in [0.25, 0.3) is 0 Å². The van der Waals surface area contributed by atoms with E-state index in [0.29, 0.717) is 23.0 Å². The highest BCUT2D eigenvalue weighted by Crippen LogP contribution is 2.29. The van der Waals surface area contributed by atoms with E-state index in [1.165, 1.54) is 0 Å². The maximum absolute atomic E-state index is 12.2. The fourth-order valence-corrected chi connectivity index (χ4v) is 2.38. The van der Waals surface area contributed by atoms with Gasteiger partial charge < -0.3 is 24.3 Å². The van der Waals surface area contributed by atoms with Gasteiger partial charge in [-0.25, -0.2) is 0 Å². The number of carbonyl (C=O) groups is 1. The van der Waals surface area contributed by atoms with E-state index >= 15 is 0 Å². The molecule has 0 spiro atoms. The molecule has 1 N–H and O–H groups in total. The maximum atomic E-state index is 12.2. The summed E-state index contributed by atoms with van der Waals surface area (Å²) in [5.41, 5.74) is 0.830. The van der Waals surface area contributed by atoms with E-state index < -0.39 is 0 Å². The van der Waals surface area contributed by atoms with Gasteiger partial charge in [0.05, 0.1) is 27.4 Å². The fraction of sp³-hybridized carbons (Fsp3) is 0.316. The number of amides is 1. The van der Waals surface area contributed by atoms with E-state index in [1.54, 1.807) is 39.5 Å². The molecule has 1 atom stereocenters. The summed E-state index contributed by atoms with van der Waals surface area (Å²) in [6, 6.07) is 12.3. The second-order valence-electron chi connectivity index (χ2n) is 5.36. The van der Waals surface area contributed by atoms with Crippen molar-refractivity contribution in [1.82, 2.24) is 5.32 Å². The van der Waals surface area contributed by atoms with Gasteiger partial charge in [-0.3, -0.25) is 4.79 Å². The number of methoxy groups -OCH3 is 3. The lowest BCUT2D eigenvalue weighted by Gasteiger charge is -2.18. The Morgan fingerprint density at radius 3 is 2.32 bits per heavy atom. The number of carbonyl (C=O) groups excluding carboxylic acids is 1. The van der Waals surface area contributed by atoms with Crippen LogP contribution in [0.4, 0.5) is 0 Å². The van der Waals surface area contributed by atoms with Gasteiger partial charge in [0, 0.05) is 11.6 Å². The van der Waals surface area contributed by atoms with Crippen LogP contribution in [0.5, 0.6) is 23.0 Å². The van der Waals surface area contributed by atoms with E-state index in [-0.39, 0.29) is 18.6 Å². The number of nitrogens with one attached hydrogen (secondary N) is 1. The minimum Gasteiger partial charge on any atom is -0.497 e. The van der Waals surface area contributed by atoms with Crippen LogP contribution in [0.1, 0.15) is 18.5 Å². The topological polar surface area (TPSA) is 66.0 Å². The number of hydrogen-bond acceptors (Lipinski definition) is 5. The second kappa shape index (κ2) is 8.82. The lowest BCUT2D eigenvalue weighted by Crippen LogP contribution is -2.31. The van der Waals surface area contributed by atoms with Crippen molar-refractivity contribution in [2.45, 2.75) is 13.0 Å². The molecule has 0 aromatic heterocycles. The zero-order valence-electron chi connectivity index (χ0n) is 14.9. The van der Waals surface area contributed by atoms with Crippen molar-refractivity contribution in [3.8, 4) is 23.0 Å². The number of hydrogen-bond donors (Lipinski definition) is 1. The largest absolute Gasteiger partial charge is 0.497 e. The molecule has 2 aromatic carbocycles. The first-order valence-electron chi connectivity index (χ1n) is 7.85. The summed E-state index contributed by atoms with van der Waals surface area (Å²) in [6.45, 7) is 1.78. The average Bonchev–Trinajstić information content (AvgIpc) is 2.65. The van der Waals surface area contributed by atoms with Crippen LogP contribution in [0, 0.1) is 0 Å². The molecule has 6 heteroatoms. The summed E-state index contributed by atoms with van der Waals surface area (Å²) in [4.78, 5) is 12.2. The molecule has 0 bridgehead atoms. The van der Waals surface area contributed by atoms with Gasteiger partial charge in [0.15, 0.2) is 6.61 Å². The van der Waals surface area contributed by atoms with Crippen LogP contribution in [0.2, 0.25) is 0 Å². The van der Waals surface area contributed by atoms with Gasteiger partial charge in [0.2, 0.25) is 0 Å². The van der Waals surface area contributed by atoms with E-state index in [0.717, 1.165) is 5.56 Å². The van der Waals surface area contributed by atoms with Gasteiger partial charge in [-0.05, 0) is 37.3 Å². The molecule has 1 amide bonds. The molecule has 2 aromatic rings. The number of rotatable bonds is 8. The Labute approximate surface area is 147 Å². The van der Waals surface area contributed by atoms with E-state index in [4.69, 9.17) is 18.9 Å². The van der Waals surface area contributed by atoms with Crippen LogP contribution in [-0.2, 0) is 4.79 Å². The lowest BCUT2D eigenvalue weighted by atomic mass is 10.1. The molecule has 0 aliphatic heterocycles. The average molecular weight is 345 g/mol. The Hall–Kier alpha value is -2.89. The molecule has 0 aliphatic carbocycles. The molecule has 6 nitrogen and oxygen atoms in total. The first-order valence-corrected chi connectivity index (χ1v) is 7.85. The Morgan fingerprint density at radius 1 is 0.960 bits per heavy atom. The molecule has 1 unspecified atom stereocenters. The third-order valence-corrected chi connectivity index (χ3v) is 3.69. The fourth-order valence-electron chi connectivity index (χ4n) is 2.38. The Morgan fingerprint density at radius 2 is 1.64 bits per heavy atom. The predicted molar refractivity (Wildman–Crippen MR) is 94.6 cm³/mol. The second-order valence-corrected chi connectivity index (χ2v) is 5.36. The van der Waals surface area contributed by atoms with Crippen LogP contribution in [0.15, 0.2) is 42.5 Å². The third kappa shape index (κ3) is 5.04. The Balaban J connectivity index is 1.97. The van der Waals surface area contributed by atoms with Gasteiger partial charge in [-0.1, -0.05) is 6.07 Å². The van der Waals surface area contributed by atoms with Crippen molar-refractivity contribution >= 4 is 5.91 Å². The van der Waals surface area contributed by atoms with Crippen molar-refractivity contribution < 1.29 is 23.7 Å². The highest BCUT2D eigenvalue weighted by molar-refractivity contribution is 5.78. The molecule has 0 aliphatic rings. The molecule has 0 radical (unpaired) electrons. The Bertz CT molecular complexity index is 717. The van der Waals surface area contributed by atoms with E-state index in [1.807, 2.05) is 31.2 Å². The van der Waals surface area contributed by atoms with E-state index in [9.17, 15) is 4.79 Å². The molecular weight excluding hydrogens is 322 g/mol. The molecule has 134 valence electrons. The van der Waals surface area contributed by atoms with Crippen molar-refractivity contribution in [1.29, 1.82) is 0 Å². The van der Waals surface area contributed by atoms with E-state index in [2.05, 4.69) is 5.32 Å². The third-order valence-electron chi connectivity index (χ3n) is 3.69. The van der Waals surface area contributed by atoms with Gasteiger partial charge in [0.1, 0.15) is 23.0 Å². The highest BCUT2D eigenvalue weighted by Gasteiger charge is 2.15. The monoisotopic (exact) mass is 345 g/mol. The van der Waals surface area contributed by atoms with Crippen LogP contribution in [-0.4, -0.2) is 33.8 Å². The molecule has 0 saturated carbocycles. The van der Waals surface area contributed by atoms with Crippen molar-refractivity contribution in [3.63, 3.8) is 0 Å². The lowest BCUT2D eigenvalue weighted by molar-refractivity contribution is -0.123. The summed E-state index contributed by atoms with van der Waals surface area (Å²) in [6.07, 6.45) is 0. The summed E-state index contributed by atoms with van der Waals surface area (Å²) < 4.78 is 21.2. The quantitative estimate of drug-likeness (QED) is 0.797. The summed E-state index contributed by atoms with van der Waals surface area (Å²) in [5, 5.41) is 2.89. The SMILES string of the molecule is COc1cccc(OCC(=O)NC(C)c2cc(OC)ccc2OC)c1. The number of ether oxygens (including phenoxy) is 4. The smallest absolute Gasteiger partial charge is 0.258 e. The van der Waals surface area contributed by atoms with Gasteiger partial charge >= 0.3 is 0 Å². The molecule has 2 rings (SSSR count). The van der Waals surface area contributed by atoms with Crippen LogP contribution < -0.4 is 24.3 Å². The molecule has 0 fully saturated rings. The predicted octanol–water partition coefficient (Wildman–Crippen LogP) is 2.97. The first kappa shape index (κ1) is 18.4. The van der Waals surface area contributed by atoms with Crippen molar-refractivity contribution in [3.05, 3.63) is 48.0 Å². The summed E-state index contributed by atoms with van der Waals surface area (Å²) in [7, 11) is 4.76. The van der Waals surface area contributed by atoms with Crippen molar-refractivity contribution in [2.75, 3.05) is 27.9 Å². The molecular formula is C19H23NO5. The Kier molecular flexibility index (Phi) is 6.51. The zero-order valence-corrected chi connectivity index (χ0v) is 14.9. The van der Waals surface area contributed by atoms with Gasteiger partial charge in [0.25, 0.3) is 5.91 Å². The minimum absolute atomic E-state index is 0.0935. The molecule has 25 heavy (non-hydrogen) atoms. The van der Waals surface area contributed by atoms with Gasteiger partial charge in [-0.15, -0.1) is 0 Å². The van der Waals surface area contributed by atoms with Crippen LogP contribution in [0.3, 0.4) is 0 Å². The first-order chi connectivity index (χ1) is 12.1. The van der Waals surface area contributed by atoms with Crippen molar-refractivity contribution in [2.24, 2.45) is 0 Å². The van der Waals surface area contributed by atoms with Gasteiger partial charge in [-0.2, -0.15) is 0 Å². The maximum Gasteiger partial charge on any atom is 0.258 e. The minimum atomic E-state index is -0.258. The number of benzene rings is 2. The molecule has 0 saturated heterocycles. The van der Waals surface area contributed by atoms with Crippen LogP contribution >= 0.6 is 0 Å². The summed E-state index contributed by atoms with van der Waals surface area (Å²) in [5.74, 6) is 2.39.